The van der Waals surface area contributed by atoms with Crippen molar-refractivity contribution in [2.24, 2.45) is 0 Å². The number of halogens is 7. The molecule has 3 aromatic rings. The number of benzene rings is 3. The molecule has 27 heavy (non-hydrogen) atoms. The first-order chi connectivity index (χ1) is 12.3. The van der Waals surface area contributed by atoms with Gasteiger partial charge in [0.2, 0.25) is 0 Å². The Balaban J connectivity index is 0.000000321. The molecule has 0 atom stereocenters. The van der Waals surface area contributed by atoms with Crippen molar-refractivity contribution in [2.75, 3.05) is 0 Å². The molecule has 3 aromatic carbocycles. The predicted molar refractivity (Wildman–Crippen MR) is 98.9 cm³/mol. The predicted octanol–water partition coefficient (Wildman–Crippen LogP) is 7.58. The second-order valence-electron chi connectivity index (χ2n) is 5.34. The summed E-state index contributed by atoms with van der Waals surface area (Å²) in [5, 5.41) is 0.776. The van der Waals surface area contributed by atoms with E-state index in [1.807, 2.05) is 12.1 Å². The van der Waals surface area contributed by atoms with Crippen LogP contribution in [0.4, 0.5) is 20.8 Å². The van der Waals surface area contributed by atoms with E-state index in [-0.39, 0.29) is 10.9 Å². The van der Waals surface area contributed by atoms with Crippen LogP contribution in [0.15, 0.2) is 99.6 Å². The summed E-state index contributed by atoms with van der Waals surface area (Å²) in [6, 6.07) is 29.4. The van der Waals surface area contributed by atoms with Crippen LogP contribution in [-0.4, -0.2) is 14.2 Å². The maximum atomic E-state index is 9.91. The quantitative estimate of drug-likeness (QED) is 0.203. The van der Waals surface area contributed by atoms with Gasteiger partial charge in [0.15, 0.2) is 14.7 Å². The number of hydrogen-bond acceptors (Lipinski definition) is 0. The third-order valence-electron chi connectivity index (χ3n) is 3.01. The van der Waals surface area contributed by atoms with Crippen LogP contribution in [0.1, 0.15) is 0 Å². The average molecular weight is 487 g/mol. The van der Waals surface area contributed by atoms with Crippen molar-refractivity contribution in [3.05, 3.63) is 90.0 Å². The second-order valence-corrected chi connectivity index (χ2v) is 11.8. The van der Waals surface area contributed by atoms with Gasteiger partial charge in [-0.3, -0.25) is 0 Å². The van der Waals surface area contributed by atoms with Crippen LogP contribution in [0, 0.1) is 0 Å². The van der Waals surface area contributed by atoms with Gasteiger partial charge in [-0.1, -0.05) is 48.0 Å². The van der Waals surface area contributed by atoms with Gasteiger partial charge in [0.05, 0.1) is 10.9 Å². The SMILES string of the molecule is Clc1ccc([S+](c2ccccc2)c2ccccc2)cc1.F[As-](F)(F)(F)(F)F. The van der Waals surface area contributed by atoms with Crippen molar-refractivity contribution in [1.82, 2.24) is 0 Å². The van der Waals surface area contributed by atoms with E-state index in [1.54, 1.807) is 0 Å². The molecule has 0 unspecified atom stereocenters. The Hall–Kier alpha value is -1.56. The third-order valence-corrected chi connectivity index (χ3v) is 5.49. The number of hydrogen-bond donors (Lipinski definition) is 0. The third kappa shape index (κ3) is 9.27. The molecule has 0 N–H and O–H groups in total. The fourth-order valence-electron chi connectivity index (χ4n) is 2.09. The van der Waals surface area contributed by atoms with Crippen molar-refractivity contribution in [3.63, 3.8) is 0 Å². The minimum atomic E-state index is -11.1. The van der Waals surface area contributed by atoms with Gasteiger partial charge in [0, 0.05) is 5.02 Å². The average Bonchev–Trinajstić information content (AvgIpc) is 2.56. The molecule has 3 rings (SSSR count). The van der Waals surface area contributed by atoms with Gasteiger partial charge in [-0.15, -0.1) is 0 Å². The second kappa shape index (κ2) is 7.45. The summed E-state index contributed by atoms with van der Waals surface area (Å²) in [6.07, 6.45) is 0. The van der Waals surface area contributed by atoms with Crippen LogP contribution in [0.2, 0.25) is 5.02 Å². The van der Waals surface area contributed by atoms with E-state index in [4.69, 9.17) is 11.6 Å². The van der Waals surface area contributed by atoms with Crippen LogP contribution in [0.3, 0.4) is 0 Å². The molecular formula is C18H14AsClF6S. The van der Waals surface area contributed by atoms with Crippen molar-refractivity contribution >= 4 is 36.7 Å². The fourth-order valence-corrected chi connectivity index (χ4v) is 4.30. The molecule has 0 aromatic heterocycles. The minimum absolute atomic E-state index is 0.0815. The summed E-state index contributed by atoms with van der Waals surface area (Å²) in [7, 11) is -0.0815. The summed E-state index contributed by atoms with van der Waals surface area (Å²) >= 11 is -5.05. The molecule has 0 bridgehead atoms. The van der Waals surface area contributed by atoms with E-state index in [0.717, 1.165) is 5.02 Å². The first-order valence-corrected chi connectivity index (χ1v) is 13.3. The van der Waals surface area contributed by atoms with Crippen LogP contribution in [-0.2, 0) is 10.9 Å². The molecule has 0 heterocycles. The Morgan fingerprint density at radius 1 is 0.519 bits per heavy atom. The zero-order chi connectivity index (χ0) is 20.2. The van der Waals surface area contributed by atoms with Crippen molar-refractivity contribution < 1.29 is 20.8 Å². The summed E-state index contributed by atoms with van der Waals surface area (Å²) in [4.78, 5) is 3.92. The maximum absolute atomic E-state index is 11.1. The monoisotopic (exact) mass is 486 g/mol. The molecule has 0 amide bonds. The van der Waals surface area contributed by atoms with Gasteiger partial charge < -0.3 is 0 Å². The molecule has 0 spiro atoms. The molecule has 146 valence electrons. The molecule has 0 nitrogen and oxygen atoms in total. The molecule has 0 aliphatic carbocycles. The van der Waals surface area contributed by atoms with E-state index in [9.17, 15) is 20.8 Å². The Morgan fingerprint density at radius 3 is 1.15 bits per heavy atom. The summed E-state index contributed by atoms with van der Waals surface area (Å²) in [5.74, 6) is 0. The van der Waals surface area contributed by atoms with Crippen LogP contribution in [0.5, 0.6) is 0 Å². The van der Waals surface area contributed by atoms with Gasteiger partial charge in [-0.05, 0) is 48.5 Å². The molecule has 0 aliphatic heterocycles. The first-order valence-electron chi connectivity index (χ1n) is 7.46. The summed E-state index contributed by atoms with van der Waals surface area (Å²) in [6.45, 7) is 0. The Morgan fingerprint density at radius 2 is 0.815 bits per heavy atom. The van der Waals surface area contributed by atoms with Gasteiger partial charge in [0.1, 0.15) is 0 Å². The van der Waals surface area contributed by atoms with E-state index < -0.39 is 14.2 Å². The molecular weight excluding hydrogens is 473 g/mol. The van der Waals surface area contributed by atoms with Gasteiger partial charge >= 0.3 is 35.0 Å². The molecule has 0 aliphatic rings. The van der Waals surface area contributed by atoms with Gasteiger partial charge in [0.25, 0.3) is 0 Å². The summed E-state index contributed by atoms with van der Waals surface area (Å²) in [5.41, 5.74) is 0. The van der Waals surface area contributed by atoms with Crippen molar-refractivity contribution in [2.45, 2.75) is 14.7 Å². The Kier molecular flexibility index (Phi) is 6.00. The first kappa shape index (κ1) is 21.7. The van der Waals surface area contributed by atoms with Crippen molar-refractivity contribution in [1.29, 1.82) is 0 Å². The van der Waals surface area contributed by atoms with E-state index in [0.29, 0.717) is 0 Å². The van der Waals surface area contributed by atoms with E-state index >= 15 is 0 Å². The van der Waals surface area contributed by atoms with Crippen LogP contribution in [0.25, 0.3) is 0 Å². The topological polar surface area (TPSA) is 0 Å². The molecule has 0 saturated heterocycles. The standard InChI is InChI=1S/C18H14ClS.AsF6/c19-15-11-13-18(14-12-15)20(16-7-3-1-4-8-16)17-9-5-2-6-10-17;2-1(3,4,5,6)7/h1-14H;/q+1;-1. The normalized spacial score (nSPS) is 13.9. The summed E-state index contributed by atoms with van der Waals surface area (Å²) < 4.78 is 59.4. The van der Waals surface area contributed by atoms with Crippen LogP contribution >= 0.6 is 11.6 Å². The van der Waals surface area contributed by atoms with E-state index in [1.165, 1.54) is 14.7 Å². The van der Waals surface area contributed by atoms with E-state index in [2.05, 4.69) is 72.8 Å². The van der Waals surface area contributed by atoms with Gasteiger partial charge in [-0.25, -0.2) is 0 Å². The Labute approximate surface area is 162 Å². The number of rotatable bonds is 3. The molecule has 0 saturated carbocycles. The zero-order valence-electron chi connectivity index (χ0n) is 13.6. The Bertz CT molecular complexity index is 818. The molecule has 0 radical (unpaired) electrons. The van der Waals surface area contributed by atoms with Crippen LogP contribution < -0.4 is 0 Å². The van der Waals surface area contributed by atoms with Crippen molar-refractivity contribution in [3.8, 4) is 0 Å². The molecule has 0 fully saturated rings. The zero-order valence-corrected chi connectivity index (χ0v) is 17.0. The molecule has 9 heteroatoms. The fraction of sp³-hybridized carbons (Fsp3) is 0. The van der Waals surface area contributed by atoms with Gasteiger partial charge in [-0.2, -0.15) is 0 Å².